The number of hydrogen-bond acceptors (Lipinski definition) is 6. The third-order valence-electron chi connectivity index (χ3n) is 3.11. The molecule has 0 atom stereocenters. The van der Waals surface area contributed by atoms with Crippen molar-refractivity contribution in [1.82, 2.24) is 19.7 Å². The number of anilines is 2. The SMILES string of the molecule is Nc1nc(N2CCCCCC2)nn1-c1nccs1. The van der Waals surface area contributed by atoms with Gasteiger partial charge in [-0.15, -0.1) is 16.4 Å². The molecule has 0 spiro atoms. The lowest BCUT2D eigenvalue weighted by molar-refractivity contribution is 0.726. The van der Waals surface area contributed by atoms with Gasteiger partial charge in [-0.1, -0.05) is 12.8 Å². The molecule has 7 heteroatoms. The maximum Gasteiger partial charge on any atom is 0.247 e. The Hall–Kier alpha value is -1.63. The first-order valence-electron chi connectivity index (χ1n) is 6.22. The van der Waals surface area contributed by atoms with Crippen molar-refractivity contribution in [2.75, 3.05) is 23.7 Å². The standard InChI is InChI=1S/C11H16N6S/c12-9-14-10(16-6-3-1-2-4-7-16)15-17(9)11-13-5-8-18-11/h5,8H,1-4,6-7H2,(H2,12,14,15). The molecule has 1 fully saturated rings. The third-order valence-corrected chi connectivity index (χ3v) is 3.86. The van der Waals surface area contributed by atoms with Crippen LogP contribution in [0.3, 0.4) is 0 Å². The van der Waals surface area contributed by atoms with Crippen molar-refractivity contribution in [2.45, 2.75) is 25.7 Å². The summed E-state index contributed by atoms with van der Waals surface area (Å²) < 4.78 is 1.62. The summed E-state index contributed by atoms with van der Waals surface area (Å²) in [7, 11) is 0. The average Bonchev–Trinajstić information content (AvgIpc) is 2.92. The van der Waals surface area contributed by atoms with Crippen molar-refractivity contribution >= 4 is 23.2 Å². The number of nitrogens with zero attached hydrogens (tertiary/aromatic N) is 5. The molecule has 18 heavy (non-hydrogen) atoms. The van der Waals surface area contributed by atoms with Gasteiger partial charge in [0.15, 0.2) is 0 Å². The molecule has 0 amide bonds. The van der Waals surface area contributed by atoms with E-state index in [1.54, 1.807) is 10.9 Å². The minimum atomic E-state index is 0.407. The molecule has 1 aliphatic rings. The summed E-state index contributed by atoms with van der Waals surface area (Å²) >= 11 is 1.51. The van der Waals surface area contributed by atoms with E-state index in [-0.39, 0.29) is 0 Å². The van der Waals surface area contributed by atoms with Crippen LogP contribution in [0.15, 0.2) is 11.6 Å². The van der Waals surface area contributed by atoms with Crippen LogP contribution >= 0.6 is 11.3 Å². The summed E-state index contributed by atoms with van der Waals surface area (Å²) in [5.41, 5.74) is 5.91. The van der Waals surface area contributed by atoms with E-state index in [2.05, 4.69) is 20.0 Å². The van der Waals surface area contributed by atoms with Gasteiger partial charge in [-0.2, -0.15) is 9.67 Å². The third kappa shape index (κ3) is 2.17. The molecule has 0 aromatic carbocycles. The molecule has 6 nitrogen and oxygen atoms in total. The van der Waals surface area contributed by atoms with E-state index in [1.165, 1.54) is 37.0 Å². The van der Waals surface area contributed by atoms with E-state index < -0.39 is 0 Å². The Morgan fingerprint density at radius 3 is 2.61 bits per heavy atom. The van der Waals surface area contributed by atoms with Crippen LogP contribution < -0.4 is 10.6 Å². The number of rotatable bonds is 2. The monoisotopic (exact) mass is 264 g/mol. The quantitative estimate of drug-likeness (QED) is 0.893. The lowest BCUT2D eigenvalue weighted by Crippen LogP contribution is -2.25. The first kappa shape index (κ1) is 11.5. The van der Waals surface area contributed by atoms with Crippen molar-refractivity contribution in [3.8, 4) is 5.13 Å². The molecule has 0 radical (unpaired) electrons. The first-order chi connectivity index (χ1) is 8.84. The fourth-order valence-electron chi connectivity index (χ4n) is 2.18. The second-order valence-electron chi connectivity index (χ2n) is 4.40. The Morgan fingerprint density at radius 1 is 1.17 bits per heavy atom. The molecule has 2 aromatic rings. The molecule has 96 valence electrons. The van der Waals surface area contributed by atoms with Crippen LogP contribution in [0.25, 0.3) is 5.13 Å². The Morgan fingerprint density at radius 2 is 1.94 bits per heavy atom. The Bertz CT molecular complexity index is 498. The van der Waals surface area contributed by atoms with Crippen LogP contribution in [0.4, 0.5) is 11.9 Å². The van der Waals surface area contributed by atoms with Gasteiger partial charge in [0.1, 0.15) is 0 Å². The van der Waals surface area contributed by atoms with Crippen molar-refractivity contribution in [2.24, 2.45) is 0 Å². The molecule has 0 bridgehead atoms. The topological polar surface area (TPSA) is 72.9 Å². The van der Waals surface area contributed by atoms with Crippen LogP contribution in [0, 0.1) is 0 Å². The van der Waals surface area contributed by atoms with Crippen LogP contribution in [0.5, 0.6) is 0 Å². The van der Waals surface area contributed by atoms with Crippen molar-refractivity contribution in [3.05, 3.63) is 11.6 Å². The zero-order valence-electron chi connectivity index (χ0n) is 10.1. The van der Waals surface area contributed by atoms with E-state index in [9.17, 15) is 0 Å². The molecule has 2 N–H and O–H groups in total. The molecule has 1 aliphatic heterocycles. The molecular formula is C11H16N6S. The lowest BCUT2D eigenvalue weighted by atomic mass is 10.2. The largest absolute Gasteiger partial charge is 0.368 e. The summed E-state index contributed by atoms with van der Waals surface area (Å²) in [5.74, 6) is 1.13. The maximum absolute atomic E-state index is 5.91. The summed E-state index contributed by atoms with van der Waals surface area (Å²) in [4.78, 5) is 10.8. The van der Waals surface area contributed by atoms with E-state index in [4.69, 9.17) is 5.73 Å². The summed E-state index contributed by atoms with van der Waals surface area (Å²) in [6, 6.07) is 0. The Balaban J connectivity index is 1.87. The van der Waals surface area contributed by atoms with Gasteiger partial charge in [-0.25, -0.2) is 4.98 Å². The number of thiazole rings is 1. The predicted molar refractivity (Wildman–Crippen MR) is 72.1 cm³/mol. The second kappa shape index (κ2) is 4.93. The van der Waals surface area contributed by atoms with E-state index in [1.807, 2.05) is 5.38 Å². The fraction of sp³-hybridized carbons (Fsp3) is 0.545. The van der Waals surface area contributed by atoms with Gasteiger partial charge in [-0.3, -0.25) is 0 Å². The van der Waals surface area contributed by atoms with Gasteiger partial charge in [0.2, 0.25) is 17.0 Å². The first-order valence-corrected chi connectivity index (χ1v) is 7.10. The zero-order valence-corrected chi connectivity index (χ0v) is 10.9. The van der Waals surface area contributed by atoms with Crippen molar-refractivity contribution in [1.29, 1.82) is 0 Å². The molecule has 3 rings (SSSR count). The minimum absolute atomic E-state index is 0.407. The predicted octanol–water partition coefficient (Wildman–Crippen LogP) is 1.69. The van der Waals surface area contributed by atoms with Crippen molar-refractivity contribution < 1.29 is 0 Å². The Labute approximate surface area is 109 Å². The van der Waals surface area contributed by atoms with Crippen molar-refractivity contribution in [3.63, 3.8) is 0 Å². The molecule has 3 heterocycles. The number of nitrogen functional groups attached to an aromatic ring is 1. The fourth-order valence-corrected chi connectivity index (χ4v) is 2.78. The lowest BCUT2D eigenvalue weighted by Gasteiger charge is -2.17. The van der Waals surface area contributed by atoms with Crippen LogP contribution in [-0.4, -0.2) is 32.8 Å². The minimum Gasteiger partial charge on any atom is -0.368 e. The normalized spacial score (nSPS) is 16.8. The maximum atomic E-state index is 5.91. The van der Waals surface area contributed by atoms with Crippen LogP contribution in [0.2, 0.25) is 0 Å². The van der Waals surface area contributed by atoms with Crippen LogP contribution in [0.1, 0.15) is 25.7 Å². The molecule has 1 saturated heterocycles. The highest BCUT2D eigenvalue weighted by molar-refractivity contribution is 7.12. The van der Waals surface area contributed by atoms with E-state index >= 15 is 0 Å². The molecule has 0 saturated carbocycles. The van der Waals surface area contributed by atoms with Gasteiger partial charge >= 0.3 is 0 Å². The van der Waals surface area contributed by atoms with E-state index in [0.717, 1.165) is 24.2 Å². The smallest absolute Gasteiger partial charge is 0.247 e. The molecular weight excluding hydrogens is 248 g/mol. The number of nitrogens with two attached hydrogens (primary N) is 1. The number of aromatic nitrogens is 4. The van der Waals surface area contributed by atoms with Crippen LogP contribution in [-0.2, 0) is 0 Å². The molecule has 0 aliphatic carbocycles. The zero-order chi connectivity index (χ0) is 12.4. The van der Waals surface area contributed by atoms with Gasteiger partial charge in [0, 0.05) is 24.7 Å². The molecule has 2 aromatic heterocycles. The molecule has 0 unspecified atom stereocenters. The highest BCUT2D eigenvalue weighted by Crippen LogP contribution is 2.20. The summed E-state index contributed by atoms with van der Waals surface area (Å²) in [5, 5.41) is 7.14. The average molecular weight is 264 g/mol. The van der Waals surface area contributed by atoms with Gasteiger partial charge in [-0.05, 0) is 12.8 Å². The Kier molecular flexibility index (Phi) is 3.14. The van der Waals surface area contributed by atoms with E-state index in [0.29, 0.717) is 5.95 Å². The van der Waals surface area contributed by atoms with Gasteiger partial charge < -0.3 is 10.6 Å². The summed E-state index contributed by atoms with van der Waals surface area (Å²) in [6.45, 7) is 2.03. The second-order valence-corrected chi connectivity index (χ2v) is 5.27. The van der Waals surface area contributed by atoms with Gasteiger partial charge in [0.25, 0.3) is 0 Å². The highest BCUT2D eigenvalue weighted by Gasteiger charge is 2.17. The van der Waals surface area contributed by atoms with Gasteiger partial charge in [0.05, 0.1) is 0 Å². The highest BCUT2D eigenvalue weighted by atomic mass is 32.1. The summed E-state index contributed by atoms with van der Waals surface area (Å²) in [6.07, 6.45) is 6.72. The number of hydrogen-bond donors (Lipinski definition) is 1.